The first-order valence-corrected chi connectivity index (χ1v) is 17.1. The first-order valence-electron chi connectivity index (χ1n) is 17.1. The molecule has 9 heteroatoms. The lowest BCUT2D eigenvalue weighted by Crippen LogP contribution is -2.47. The van der Waals surface area contributed by atoms with Crippen molar-refractivity contribution in [3.05, 3.63) is 53.6 Å². The Kier molecular flexibility index (Phi) is 13.7. The summed E-state index contributed by atoms with van der Waals surface area (Å²) in [6.45, 7) is 8.29. The molecule has 2 N–H and O–H groups in total. The van der Waals surface area contributed by atoms with Gasteiger partial charge in [-0.15, -0.1) is 0 Å². The number of fused-ring (bicyclic) bond motifs is 1. The summed E-state index contributed by atoms with van der Waals surface area (Å²) in [6, 6.07) is 13.0. The number of rotatable bonds is 9. The molecule has 4 atom stereocenters. The number of nitrogens with zero attached hydrogens (tertiary/aromatic N) is 2. The van der Waals surface area contributed by atoms with Crippen molar-refractivity contribution >= 4 is 17.5 Å². The van der Waals surface area contributed by atoms with Crippen LogP contribution < -0.4 is 14.8 Å². The lowest BCUT2D eigenvalue weighted by atomic mass is 9.88. The average molecular weight is 638 g/mol. The van der Waals surface area contributed by atoms with Gasteiger partial charge in [-0.25, -0.2) is 0 Å². The second-order valence-electron chi connectivity index (χ2n) is 13.4. The molecule has 0 aromatic heterocycles. The van der Waals surface area contributed by atoms with E-state index >= 15 is 0 Å². The summed E-state index contributed by atoms with van der Waals surface area (Å²) in [6.07, 6.45) is 7.56. The summed E-state index contributed by atoms with van der Waals surface area (Å²) < 4.78 is 18.2. The fourth-order valence-electron chi connectivity index (χ4n) is 6.49. The molecule has 2 amide bonds. The number of anilines is 1. The molecule has 0 unspecified atom stereocenters. The Balaban J connectivity index is 1.57. The van der Waals surface area contributed by atoms with Gasteiger partial charge in [-0.1, -0.05) is 38.3 Å². The largest absolute Gasteiger partial charge is 0.497 e. The molecule has 4 rings (SSSR count). The Morgan fingerprint density at radius 1 is 1.07 bits per heavy atom. The predicted molar refractivity (Wildman–Crippen MR) is 181 cm³/mol. The number of amides is 2. The van der Waals surface area contributed by atoms with E-state index in [-0.39, 0.29) is 42.5 Å². The van der Waals surface area contributed by atoms with Crippen LogP contribution in [0.3, 0.4) is 0 Å². The first-order chi connectivity index (χ1) is 22.2. The van der Waals surface area contributed by atoms with Crippen molar-refractivity contribution in [2.24, 2.45) is 11.8 Å². The Morgan fingerprint density at radius 3 is 2.48 bits per heavy atom. The van der Waals surface area contributed by atoms with E-state index in [0.29, 0.717) is 36.7 Å². The summed E-state index contributed by atoms with van der Waals surface area (Å²) in [5.41, 5.74) is 2.16. The maximum absolute atomic E-state index is 14.4. The SMILES string of the molecule is COc1ccc(CN(C)C[C@@H]2OCCCC[C@H](C)Oc3ccc(NC(=O)C4CCCCC4)cc3C(=O)N([C@H](C)CO)C[C@@H]2C)cc1. The zero-order chi connectivity index (χ0) is 33.1. The van der Waals surface area contributed by atoms with Crippen LogP contribution >= 0.6 is 0 Å². The summed E-state index contributed by atoms with van der Waals surface area (Å²) in [4.78, 5) is 31.4. The molecule has 1 heterocycles. The number of likely N-dealkylation sites (N-methyl/N-ethyl adjacent to an activating group) is 1. The number of carbonyl (C=O) groups excluding carboxylic acids is 2. The third-order valence-corrected chi connectivity index (χ3v) is 9.40. The van der Waals surface area contributed by atoms with Gasteiger partial charge < -0.3 is 29.5 Å². The molecule has 1 aliphatic carbocycles. The Morgan fingerprint density at radius 2 is 1.78 bits per heavy atom. The highest BCUT2D eigenvalue weighted by Crippen LogP contribution is 2.30. The lowest BCUT2D eigenvalue weighted by molar-refractivity contribution is -0.120. The van der Waals surface area contributed by atoms with Crippen LogP contribution in [0.5, 0.6) is 11.5 Å². The van der Waals surface area contributed by atoms with Crippen molar-refractivity contribution in [2.45, 2.75) is 96.9 Å². The summed E-state index contributed by atoms with van der Waals surface area (Å²) in [5.74, 6) is 1.09. The van der Waals surface area contributed by atoms with E-state index in [1.807, 2.05) is 32.0 Å². The zero-order valence-electron chi connectivity index (χ0n) is 28.5. The van der Waals surface area contributed by atoms with Crippen molar-refractivity contribution in [2.75, 3.05) is 45.8 Å². The Hall–Kier alpha value is -3.14. The quantitative estimate of drug-likeness (QED) is 0.341. The topological polar surface area (TPSA) is 101 Å². The normalized spacial score (nSPS) is 22.8. The van der Waals surface area contributed by atoms with Gasteiger partial charge in [-0.05, 0) is 88.9 Å². The van der Waals surface area contributed by atoms with Crippen molar-refractivity contribution in [3.8, 4) is 11.5 Å². The van der Waals surface area contributed by atoms with E-state index in [1.165, 1.54) is 12.0 Å². The van der Waals surface area contributed by atoms with E-state index in [4.69, 9.17) is 14.2 Å². The fourth-order valence-corrected chi connectivity index (χ4v) is 6.49. The van der Waals surface area contributed by atoms with Gasteiger partial charge in [-0.2, -0.15) is 0 Å². The number of carbonyl (C=O) groups is 2. The standard InChI is InChI=1S/C37H55N3O6/c1-26-22-40(27(2)25-41)37(43)33-21-31(38-36(42)30-12-7-6-8-13-30)16-19-34(33)46-28(3)11-9-10-20-45-35(26)24-39(4)23-29-14-17-32(44-5)18-15-29/h14-19,21,26-28,30,35,41H,6-13,20,22-25H2,1-5H3,(H,38,42)/t26-,27+,28-,35-/m0/s1. The molecular weight excluding hydrogens is 582 g/mol. The van der Waals surface area contributed by atoms with E-state index in [1.54, 1.807) is 24.1 Å². The van der Waals surface area contributed by atoms with Crippen molar-refractivity contribution in [1.29, 1.82) is 0 Å². The molecule has 46 heavy (non-hydrogen) atoms. The molecule has 9 nitrogen and oxygen atoms in total. The van der Waals surface area contributed by atoms with Crippen molar-refractivity contribution in [1.82, 2.24) is 9.80 Å². The van der Waals surface area contributed by atoms with Gasteiger partial charge in [0, 0.05) is 43.8 Å². The summed E-state index contributed by atoms with van der Waals surface area (Å²) in [5, 5.41) is 13.3. The number of aliphatic hydroxyl groups excluding tert-OH is 1. The molecule has 2 aliphatic rings. The first kappa shape index (κ1) is 35.7. The third kappa shape index (κ3) is 10.2. The maximum Gasteiger partial charge on any atom is 0.258 e. The summed E-state index contributed by atoms with van der Waals surface area (Å²) >= 11 is 0. The number of nitrogens with one attached hydrogen (secondary N) is 1. The van der Waals surface area contributed by atoms with E-state index in [2.05, 4.69) is 36.3 Å². The molecule has 0 saturated heterocycles. The van der Waals surface area contributed by atoms with Gasteiger partial charge in [-0.3, -0.25) is 14.5 Å². The smallest absolute Gasteiger partial charge is 0.258 e. The van der Waals surface area contributed by atoms with Crippen LogP contribution in [0.2, 0.25) is 0 Å². The number of hydrogen-bond acceptors (Lipinski definition) is 7. The Labute approximate surface area is 275 Å². The lowest BCUT2D eigenvalue weighted by Gasteiger charge is -2.36. The number of benzene rings is 2. The van der Waals surface area contributed by atoms with Gasteiger partial charge in [0.1, 0.15) is 11.5 Å². The predicted octanol–water partition coefficient (Wildman–Crippen LogP) is 6.14. The van der Waals surface area contributed by atoms with Crippen molar-refractivity contribution in [3.63, 3.8) is 0 Å². The number of methoxy groups -OCH3 is 1. The maximum atomic E-state index is 14.4. The van der Waals surface area contributed by atoms with Gasteiger partial charge in [0.2, 0.25) is 5.91 Å². The molecule has 2 aromatic rings. The van der Waals surface area contributed by atoms with Crippen molar-refractivity contribution < 1.29 is 28.9 Å². The molecule has 0 spiro atoms. The minimum absolute atomic E-state index is 0.000868. The monoisotopic (exact) mass is 637 g/mol. The highest BCUT2D eigenvalue weighted by Gasteiger charge is 2.31. The molecule has 0 bridgehead atoms. The van der Waals surface area contributed by atoms with Crippen LogP contribution in [0.25, 0.3) is 0 Å². The molecule has 254 valence electrons. The molecule has 1 aliphatic heterocycles. The number of hydrogen-bond donors (Lipinski definition) is 2. The van der Waals surface area contributed by atoms with Crippen LogP contribution in [-0.2, 0) is 16.1 Å². The second kappa shape index (κ2) is 17.7. The third-order valence-electron chi connectivity index (χ3n) is 9.40. The molecule has 0 radical (unpaired) electrons. The molecular formula is C37H55N3O6. The van der Waals surface area contributed by atoms with Gasteiger partial charge in [0.05, 0.1) is 37.5 Å². The average Bonchev–Trinajstić information content (AvgIpc) is 3.06. The minimum atomic E-state index is -0.425. The zero-order valence-corrected chi connectivity index (χ0v) is 28.5. The van der Waals surface area contributed by atoms with E-state index in [0.717, 1.165) is 57.2 Å². The van der Waals surface area contributed by atoms with Crippen LogP contribution in [0.15, 0.2) is 42.5 Å². The van der Waals surface area contributed by atoms with Crippen LogP contribution in [0, 0.1) is 11.8 Å². The van der Waals surface area contributed by atoms with Crippen LogP contribution in [0.4, 0.5) is 5.69 Å². The molecule has 2 aromatic carbocycles. The highest BCUT2D eigenvalue weighted by molar-refractivity contribution is 6.00. The second-order valence-corrected chi connectivity index (χ2v) is 13.4. The van der Waals surface area contributed by atoms with Gasteiger partial charge in [0.15, 0.2) is 0 Å². The Bertz CT molecular complexity index is 1250. The van der Waals surface area contributed by atoms with Crippen LogP contribution in [0.1, 0.15) is 88.1 Å². The number of ether oxygens (including phenoxy) is 3. The number of aliphatic hydroxyl groups is 1. The molecule has 1 fully saturated rings. The fraction of sp³-hybridized carbons (Fsp3) is 0.622. The highest BCUT2D eigenvalue weighted by atomic mass is 16.5. The van der Waals surface area contributed by atoms with E-state index in [9.17, 15) is 14.7 Å². The van der Waals surface area contributed by atoms with Gasteiger partial charge in [0.25, 0.3) is 5.91 Å². The van der Waals surface area contributed by atoms with E-state index < -0.39 is 6.04 Å². The minimum Gasteiger partial charge on any atom is -0.497 e. The van der Waals surface area contributed by atoms with Gasteiger partial charge >= 0.3 is 0 Å². The summed E-state index contributed by atoms with van der Waals surface area (Å²) in [7, 11) is 3.75. The van der Waals surface area contributed by atoms with Crippen LogP contribution in [-0.4, -0.2) is 85.4 Å². The molecule has 1 saturated carbocycles.